The second kappa shape index (κ2) is 3.82. The summed E-state index contributed by atoms with van der Waals surface area (Å²) < 4.78 is 0. The first-order valence-corrected chi connectivity index (χ1v) is 4.78. The molecule has 0 heterocycles. The van der Waals surface area contributed by atoms with Gasteiger partial charge in [-0.3, -0.25) is 0 Å². The van der Waals surface area contributed by atoms with Crippen molar-refractivity contribution in [3.05, 3.63) is 29.8 Å². The lowest BCUT2D eigenvalue weighted by Crippen LogP contribution is -2.19. The third-order valence-corrected chi connectivity index (χ3v) is 1.95. The van der Waals surface area contributed by atoms with Crippen LogP contribution >= 0.6 is 0 Å². The largest absolute Gasteiger partial charge is 0.384 e. The Morgan fingerprint density at radius 2 is 1.77 bits per heavy atom. The maximum atomic E-state index is 3.45. The van der Waals surface area contributed by atoms with Gasteiger partial charge in [-0.2, -0.15) is 0 Å². The van der Waals surface area contributed by atoms with E-state index >= 15 is 0 Å². The van der Waals surface area contributed by atoms with Crippen LogP contribution in [0.2, 0.25) is 0 Å². The van der Waals surface area contributed by atoms with Crippen molar-refractivity contribution in [2.45, 2.75) is 27.7 Å². The summed E-state index contributed by atoms with van der Waals surface area (Å²) in [6.45, 7) is 9.84. The van der Waals surface area contributed by atoms with Gasteiger partial charge in [-0.1, -0.05) is 39.0 Å². The third-order valence-electron chi connectivity index (χ3n) is 1.95. The Morgan fingerprint density at radius 3 is 2.31 bits per heavy atom. The van der Waals surface area contributed by atoms with Crippen LogP contribution in [0.25, 0.3) is 0 Å². The first-order valence-electron chi connectivity index (χ1n) is 4.78. The van der Waals surface area contributed by atoms with Crippen LogP contribution in [0.5, 0.6) is 0 Å². The first kappa shape index (κ1) is 10.1. The topological polar surface area (TPSA) is 12.0 Å². The normalized spacial score (nSPS) is 11.4. The van der Waals surface area contributed by atoms with E-state index in [4.69, 9.17) is 0 Å². The minimum absolute atomic E-state index is 0.336. The second-order valence-electron chi connectivity index (χ2n) is 4.73. The Labute approximate surface area is 81.2 Å². The Balaban J connectivity index is 2.60. The molecule has 0 fully saturated rings. The molecule has 0 aliphatic carbocycles. The fourth-order valence-electron chi connectivity index (χ4n) is 1.13. The van der Waals surface area contributed by atoms with E-state index in [1.165, 1.54) is 11.3 Å². The Kier molecular flexibility index (Phi) is 2.97. The van der Waals surface area contributed by atoms with Crippen LogP contribution in [-0.4, -0.2) is 6.54 Å². The minimum atomic E-state index is 0.336. The quantitative estimate of drug-likeness (QED) is 0.729. The Morgan fingerprint density at radius 1 is 1.15 bits per heavy atom. The first-order chi connectivity index (χ1) is 5.99. The molecule has 1 rings (SSSR count). The van der Waals surface area contributed by atoms with Crippen molar-refractivity contribution in [3.8, 4) is 0 Å². The molecule has 0 aliphatic rings. The molecule has 0 aliphatic heterocycles. The van der Waals surface area contributed by atoms with Gasteiger partial charge in [0.1, 0.15) is 0 Å². The van der Waals surface area contributed by atoms with Crippen LogP contribution < -0.4 is 5.32 Å². The van der Waals surface area contributed by atoms with Crippen molar-refractivity contribution in [1.82, 2.24) is 0 Å². The van der Waals surface area contributed by atoms with Gasteiger partial charge in [0.2, 0.25) is 0 Å². The van der Waals surface area contributed by atoms with E-state index in [-0.39, 0.29) is 0 Å². The van der Waals surface area contributed by atoms with Gasteiger partial charge < -0.3 is 5.32 Å². The van der Waals surface area contributed by atoms with Crippen LogP contribution in [0.15, 0.2) is 24.3 Å². The van der Waals surface area contributed by atoms with Crippen LogP contribution in [-0.2, 0) is 0 Å². The van der Waals surface area contributed by atoms with Crippen LogP contribution in [0.1, 0.15) is 26.3 Å². The smallest absolute Gasteiger partial charge is 0.0370 e. The summed E-state index contributed by atoms with van der Waals surface area (Å²) in [6.07, 6.45) is 0. The molecule has 0 saturated carbocycles. The van der Waals surface area contributed by atoms with E-state index in [9.17, 15) is 0 Å². The number of benzene rings is 1. The van der Waals surface area contributed by atoms with Crippen molar-refractivity contribution in [1.29, 1.82) is 0 Å². The average Bonchev–Trinajstić information content (AvgIpc) is 2.01. The van der Waals surface area contributed by atoms with E-state index in [1.807, 2.05) is 0 Å². The van der Waals surface area contributed by atoms with Crippen molar-refractivity contribution in [2.75, 3.05) is 11.9 Å². The summed E-state index contributed by atoms with van der Waals surface area (Å²) in [5.41, 5.74) is 2.90. The number of hydrogen-bond donors (Lipinski definition) is 1. The van der Waals surface area contributed by atoms with Crippen LogP contribution in [0.3, 0.4) is 0 Å². The lowest BCUT2D eigenvalue weighted by atomic mass is 9.97. The Hall–Kier alpha value is -0.980. The van der Waals surface area contributed by atoms with Gasteiger partial charge >= 0.3 is 0 Å². The minimum Gasteiger partial charge on any atom is -0.384 e. The van der Waals surface area contributed by atoms with Crippen molar-refractivity contribution in [3.63, 3.8) is 0 Å². The summed E-state index contributed by atoms with van der Waals surface area (Å²) in [4.78, 5) is 0. The standard InChI is InChI=1S/C12H19N/c1-10-7-5-6-8-11(10)13-9-12(2,3)4/h5-8,13H,9H2,1-4H3. The molecule has 1 nitrogen and oxygen atoms in total. The van der Waals surface area contributed by atoms with E-state index < -0.39 is 0 Å². The molecule has 1 heteroatoms. The maximum absolute atomic E-state index is 3.45. The molecule has 0 bridgehead atoms. The Bertz CT molecular complexity index is 271. The number of aryl methyl sites for hydroxylation is 1. The number of para-hydroxylation sites is 1. The highest BCUT2D eigenvalue weighted by Crippen LogP contribution is 2.17. The predicted molar refractivity (Wildman–Crippen MR) is 59.1 cm³/mol. The maximum Gasteiger partial charge on any atom is 0.0370 e. The molecule has 0 amide bonds. The second-order valence-corrected chi connectivity index (χ2v) is 4.73. The number of nitrogens with one attached hydrogen (secondary N) is 1. The van der Waals surface area contributed by atoms with Gasteiger partial charge in [-0.25, -0.2) is 0 Å². The van der Waals surface area contributed by atoms with Gasteiger partial charge in [-0.05, 0) is 24.0 Å². The van der Waals surface area contributed by atoms with Gasteiger partial charge in [-0.15, -0.1) is 0 Å². The molecule has 72 valence electrons. The summed E-state index contributed by atoms with van der Waals surface area (Å²) in [7, 11) is 0. The van der Waals surface area contributed by atoms with Gasteiger partial charge in [0.05, 0.1) is 0 Å². The zero-order valence-corrected chi connectivity index (χ0v) is 9.02. The predicted octanol–water partition coefficient (Wildman–Crippen LogP) is 3.45. The van der Waals surface area contributed by atoms with Crippen LogP contribution in [0.4, 0.5) is 5.69 Å². The molecular weight excluding hydrogens is 158 g/mol. The zero-order valence-electron chi connectivity index (χ0n) is 9.02. The lowest BCUT2D eigenvalue weighted by molar-refractivity contribution is 0.443. The summed E-state index contributed by atoms with van der Waals surface area (Å²) in [6, 6.07) is 8.39. The molecule has 0 radical (unpaired) electrons. The highest BCUT2D eigenvalue weighted by Gasteiger charge is 2.09. The van der Waals surface area contributed by atoms with Crippen LogP contribution in [0, 0.1) is 12.3 Å². The van der Waals surface area contributed by atoms with E-state index in [2.05, 4.69) is 57.3 Å². The van der Waals surface area contributed by atoms with Gasteiger partial charge in [0.15, 0.2) is 0 Å². The number of rotatable bonds is 2. The molecule has 0 saturated heterocycles. The SMILES string of the molecule is Cc1ccccc1NCC(C)(C)C. The molecule has 0 spiro atoms. The summed E-state index contributed by atoms with van der Waals surface area (Å²) in [5, 5.41) is 3.45. The molecule has 13 heavy (non-hydrogen) atoms. The zero-order chi connectivity index (χ0) is 9.90. The molecule has 0 atom stereocenters. The fraction of sp³-hybridized carbons (Fsp3) is 0.500. The molecular formula is C12H19N. The van der Waals surface area contributed by atoms with Crippen molar-refractivity contribution >= 4 is 5.69 Å². The highest BCUT2D eigenvalue weighted by molar-refractivity contribution is 5.50. The summed E-state index contributed by atoms with van der Waals surface area (Å²) in [5.74, 6) is 0. The van der Waals surface area contributed by atoms with E-state index in [1.54, 1.807) is 0 Å². The number of hydrogen-bond acceptors (Lipinski definition) is 1. The summed E-state index contributed by atoms with van der Waals surface area (Å²) >= 11 is 0. The lowest BCUT2D eigenvalue weighted by Gasteiger charge is -2.20. The van der Waals surface area contributed by atoms with Crippen molar-refractivity contribution < 1.29 is 0 Å². The third kappa shape index (κ3) is 3.49. The molecule has 0 aromatic heterocycles. The van der Waals surface area contributed by atoms with Crippen molar-refractivity contribution in [2.24, 2.45) is 5.41 Å². The molecule has 1 aromatic carbocycles. The fourth-order valence-corrected chi connectivity index (χ4v) is 1.13. The van der Waals surface area contributed by atoms with E-state index in [0.29, 0.717) is 5.41 Å². The number of anilines is 1. The molecule has 1 aromatic rings. The van der Waals surface area contributed by atoms with Gasteiger partial charge in [0, 0.05) is 12.2 Å². The monoisotopic (exact) mass is 177 g/mol. The average molecular weight is 177 g/mol. The molecule has 0 unspecified atom stereocenters. The van der Waals surface area contributed by atoms with Gasteiger partial charge in [0.25, 0.3) is 0 Å². The highest BCUT2D eigenvalue weighted by atomic mass is 14.9. The molecule has 1 N–H and O–H groups in total. The van der Waals surface area contributed by atoms with E-state index in [0.717, 1.165) is 6.54 Å².